The van der Waals surface area contributed by atoms with Crippen molar-refractivity contribution in [2.45, 2.75) is 5.92 Å². The molecule has 1 heterocycles. The normalized spacial score (nSPS) is 11.4. The van der Waals surface area contributed by atoms with E-state index in [9.17, 15) is 8.78 Å². The first-order valence-electron chi connectivity index (χ1n) is 3.76. The lowest BCUT2D eigenvalue weighted by Gasteiger charge is -2.11. The third-order valence-corrected chi connectivity index (χ3v) is 1.61. The Labute approximate surface area is 79.2 Å². The van der Waals surface area contributed by atoms with Gasteiger partial charge in [-0.25, -0.2) is 0 Å². The fourth-order valence-electron chi connectivity index (χ4n) is 0.943. The lowest BCUT2D eigenvalue weighted by molar-refractivity contribution is -0.0641. The van der Waals surface area contributed by atoms with E-state index in [1.807, 2.05) is 0 Å². The van der Waals surface area contributed by atoms with E-state index < -0.39 is 18.4 Å². The van der Waals surface area contributed by atoms with E-state index in [0.717, 1.165) is 10.8 Å². The van der Waals surface area contributed by atoms with Gasteiger partial charge in [0.25, 0.3) is 0 Å². The monoisotopic (exact) mass is 201 g/mol. The van der Waals surface area contributed by atoms with Crippen LogP contribution in [0.15, 0.2) is 13.2 Å². The van der Waals surface area contributed by atoms with Gasteiger partial charge < -0.3 is 5.11 Å². The summed E-state index contributed by atoms with van der Waals surface area (Å²) in [6.07, 6.45) is 2.40. The van der Waals surface area contributed by atoms with E-state index in [-0.39, 0.29) is 5.82 Å². The average Bonchev–Trinajstić information content (AvgIpc) is 2.60. The summed E-state index contributed by atoms with van der Waals surface area (Å²) in [5.74, 6) is -3.92. The van der Waals surface area contributed by atoms with Crippen molar-refractivity contribution in [3.8, 4) is 0 Å². The third kappa shape index (κ3) is 1.56. The van der Waals surface area contributed by atoms with Crippen molar-refractivity contribution in [2.75, 3.05) is 6.61 Å². The van der Waals surface area contributed by atoms with Crippen molar-refractivity contribution >= 4 is 12.3 Å². The molecule has 0 atom stereocenters. The van der Waals surface area contributed by atoms with Crippen molar-refractivity contribution in [3.05, 3.63) is 24.8 Å². The van der Waals surface area contributed by atoms with Crippen LogP contribution in [0.5, 0.6) is 0 Å². The molecule has 0 aromatic carbocycles. The summed E-state index contributed by atoms with van der Waals surface area (Å²) < 4.78 is 27.0. The molecule has 0 radical (unpaired) electrons. The van der Waals surface area contributed by atoms with Gasteiger partial charge in [0.05, 0.1) is 0 Å². The Morgan fingerprint density at radius 2 is 2.07 bits per heavy atom. The van der Waals surface area contributed by atoms with Crippen LogP contribution in [0.25, 0.3) is 12.3 Å². The van der Waals surface area contributed by atoms with Crippen molar-refractivity contribution < 1.29 is 13.9 Å². The molecule has 0 bridgehead atoms. The van der Waals surface area contributed by atoms with Crippen LogP contribution in [0.3, 0.4) is 0 Å². The predicted molar refractivity (Wildman–Crippen MR) is 47.5 cm³/mol. The fourth-order valence-corrected chi connectivity index (χ4v) is 0.943. The number of aromatic nitrogens is 3. The van der Waals surface area contributed by atoms with Crippen molar-refractivity contribution in [3.63, 3.8) is 0 Å². The summed E-state index contributed by atoms with van der Waals surface area (Å²) in [5, 5.41) is 15.2. The molecule has 1 aromatic heterocycles. The molecule has 0 aliphatic carbocycles. The molecule has 1 rings (SSSR count). The first-order chi connectivity index (χ1) is 6.56. The maximum absolute atomic E-state index is 13.0. The summed E-state index contributed by atoms with van der Waals surface area (Å²) >= 11 is 0. The molecule has 1 N–H and O–H groups in total. The molecule has 0 aliphatic heterocycles. The van der Waals surface area contributed by atoms with E-state index in [1.54, 1.807) is 0 Å². The van der Waals surface area contributed by atoms with Crippen LogP contribution >= 0.6 is 0 Å². The Morgan fingerprint density at radius 1 is 1.43 bits per heavy atom. The SMILES string of the molecule is C=Cc1nnc(C(F)(F)CO)n1C=C. The minimum absolute atomic E-state index is 0.156. The second-order valence-electron chi connectivity index (χ2n) is 2.50. The molecule has 76 valence electrons. The van der Waals surface area contributed by atoms with E-state index in [4.69, 9.17) is 5.11 Å². The Balaban J connectivity index is 3.28. The predicted octanol–water partition coefficient (Wildman–Crippen LogP) is 1.11. The summed E-state index contributed by atoms with van der Waals surface area (Å²) in [6.45, 7) is 5.40. The summed E-state index contributed by atoms with van der Waals surface area (Å²) in [7, 11) is 0. The molecule has 0 unspecified atom stereocenters. The molecule has 6 heteroatoms. The molecular formula is C8H9F2N3O. The highest BCUT2D eigenvalue weighted by Gasteiger charge is 2.36. The Kier molecular flexibility index (Phi) is 2.76. The number of rotatable bonds is 4. The van der Waals surface area contributed by atoms with Gasteiger partial charge in [0.2, 0.25) is 5.82 Å². The van der Waals surface area contributed by atoms with Crippen LogP contribution in [-0.4, -0.2) is 26.5 Å². The van der Waals surface area contributed by atoms with Gasteiger partial charge in [0.1, 0.15) is 6.61 Å². The molecule has 1 aromatic rings. The van der Waals surface area contributed by atoms with E-state index in [1.165, 1.54) is 6.08 Å². The quantitative estimate of drug-likeness (QED) is 0.793. The van der Waals surface area contributed by atoms with Crippen molar-refractivity contribution in [1.82, 2.24) is 14.8 Å². The summed E-state index contributed by atoms with van der Waals surface area (Å²) in [4.78, 5) is 0. The highest BCUT2D eigenvalue weighted by atomic mass is 19.3. The highest BCUT2D eigenvalue weighted by molar-refractivity contribution is 5.42. The minimum atomic E-state index is -3.43. The molecular weight excluding hydrogens is 192 g/mol. The zero-order valence-electron chi connectivity index (χ0n) is 7.32. The molecule has 0 saturated heterocycles. The zero-order valence-corrected chi connectivity index (χ0v) is 7.32. The van der Waals surface area contributed by atoms with Gasteiger partial charge in [-0.05, 0) is 6.08 Å². The van der Waals surface area contributed by atoms with Crippen LogP contribution in [0.4, 0.5) is 8.78 Å². The molecule has 0 amide bonds. The van der Waals surface area contributed by atoms with Crippen LogP contribution in [0.1, 0.15) is 11.6 Å². The first kappa shape index (κ1) is 10.5. The van der Waals surface area contributed by atoms with Gasteiger partial charge in [-0.15, -0.1) is 10.2 Å². The first-order valence-corrected chi connectivity index (χ1v) is 3.76. The van der Waals surface area contributed by atoms with Gasteiger partial charge in [0.15, 0.2) is 5.82 Å². The smallest absolute Gasteiger partial charge is 0.329 e. The van der Waals surface area contributed by atoms with E-state index in [2.05, 4.69) is 23.4 Å². The number of aliphatic hydroxyl groups excluding tert-OH is 1. The van der Waals surface area contributed by atoms with Crippen molar-refractivity contribution in [1.29, 1.82) is 0 Å². The summed E-state index contributed by atoms with van der Waals surface area (Å²) in [5.41, 5.74) is 0. The molecule has 0 aliphatic rings. The van der Waals surface area contributed by atoms with Crippen LogP contribution in [0, 0.1) is 0 Å². The van der Waals surface area contributed by atoms with Gasteiger partial charge in [-0.1, -0.05) is 13.2 Å². The maximum atomic E-state index is 13.0. The van der Waals surface area contributed by atoms with Crippen molar-refractivity contribution in [2.24, 2.45) is 0 Å². The molecule has 0 fully saturated rings. The number of nitrogens with zero attached hydrogens (tertiary/aromatic N) is 3. The average molecular weight is 201 g/mol. The zero-order chi connectivity index (χ0) is 10.8. The third-order valence-electron chi connectivity index (χ3n) is 1.61. The molecule has 4 nitrogen and oxygen atoms in total. The Morgan fingerprint density at radius 3 is 2.50 bits per heavy atom. The standard InChI is InChI=1S/C8H9F2N3O/c1-3-6-11-12-7(13(6)4-2)8(9,10)5-14/h3-4,14H,1-2,5H2. The number of alkyl halides is 2. The van der Waals surface area contributed by atoms with Crippen LogP contribution in [0.2, 0.25) is 0 Å². The molecule has 0 spiro atoms. The number of hydrogen-bond acceptors (Lipinski definition) is 3. The minimum Gasteiger partial charge on any atom is -0.390 e. The van der Waals surface area contributed by atoms with Gasteiger partial charge >= 0.3 is 5.92 Å². The van der Waals surface area contributed by atoms with E-state index in [0.29, 0.717) is 0 Å². The molecule has 14 heavy (non-hydrogen) atoms. The lowest BCUT2D eigenvalue weighted by Crippen LogP contribution is -2.23. The number of hydrogen-bond donors (Lipinski definition) is 1. The summed E-state index contributed by atoms with van der Waals surface area (Å²) in [6, 6.07) is 0. The van der Waals surface area contributed by atoms with Crippen LogP contribution in [-0.2, 0) is 5.92 Å². The second kappa shape index (κ2) is 3.67. The number of halogens is 2. The topological polar surface area (TPSA) is 50.9 Å². The Hall–Kier alpha value is -1.56. The van der Waals surface area contributed by atoms with Gasteiger partial charge in [0, 0.05) is 6.20 Å². The maximum Gasteiger partial charge on any atom is 0.329 e. The number of aliphatic hydroxyl groups is 1. The second-order valence-corrected chi connectivity index (χ2v) is 2.50. The Bertz CT molecular complexity index is 359. The largest absolute Gasteiger partial charge is 0.390 e. The van der Waals surface area contributed by atoms with Crippen LogP contribution < -0.4 is 0 Å². The van der Waals surface area contributed by atoms with E-state index >= 15 is 0 Å². The molecule has 0 saturated carbocycles. The van der Waals surface area contributed by atoms with Gasteiger partial charge in [-0.2, -0.15) is 8.78 Å². The lowest BCUT2D eigenvalue weighted by atomic mass is 10.3. The van der Waals surface area contributed by atoms with Gasteiger partial charge in [-0.3, -0.25) is 4.57 Å². The fraction of sp³-hybridized carbons (Fsp3) is 0.250. The highest BCUT2D eigenvalue weighted by Crippen LogP contribution is 2.26.